The van der Waals surface area contributed by atoms with E-state index in [2.05, 4.69) is 21.1 Å². The van der Waals surface area contributed by atoms with Gasteiger partial charge in [-0.15, -0.1) is 0 Å². The molecule has 3 amide bonds. The van der Waals surface area contributed by atoms with Gasteiger partial charge in [0.25, 0.3) is 0 Å². The molecule has 1 saturated heterocycles. The van der Waals surface area contributed by atoms with Crippen molar-refractivity contribution in [2.45, 2.75) is 19.3 Å². The molecule has 1 aromatic rings. The Morgan fingerprint density at radius 1 is 1.10 bits per heavy atom. The summed E-state index contributed by atoms with van der Waals surface area (Å²) < 4.78 is 0. The first-order valence-electron chi connectivity index (χ1n) is 6.97. The van der Waals surface area contributed by atoms with E-state index >= 15 is 0 Å². The standard InChI is InChI=1S/C14H19ClN4O2/c15-11-3-5-12(6-4-11)16-14(21)18-17-13(20)7-10-19-8-1-2-9-19/h3-6H,1-2,7-10H2,(H,17,20)(H2,16,18,21). The Kier molecular flexibility index (Phi) is 5.83. The molecule has 1 aliphatic rings. The summed E-state index contributed by atoms with van der Waals surface area (Å²) in [7, 11) is 0. The Morgan fingerprint density at radius 3 is 2.43 bits per heavy atom. The van der Waals surface area contributed by atoms with Gasteiger partial charge in [-0.05, 0) is 50.2 Å². The third kappa shape index (κ3) is 5.61. The topological polar surface area (TPSA) is 73.5 Å². The number of halogens is 1. The molecular formula is C14H19ClN4O2. The zero-order chi connectivity index (χ0) is 15.1. The number of carbonyl (C=O) groups excluding carboxylic acids is 2. The third-order valence-electron chi connectivity index (χ3n) is 3.27. The van der Waals surface area contributed by atoms with E-state index in [1.54, 1.807) is 24.3 Å². The van der Waals surface area contributed by atoms with Gasteiger partial charge in [-0.3, -0.25) is 10.2 Å². The molecule has 0 saturated carbocycles. The fourth-order valence-corrected chi connectivity index (χ4v) is 2.28. The van der Waals surface area contributed by atoms with E-state index in [0.717, 1.165) is 19.6 Å². The van der Waals surface area contributed by atoms with E-state index in [9.17, 15) is 9.59 Å². The van der Waals surface area contributed by atoms with E-state index < -0.39 is 6.03 Å². The van der Waals surface area contributed by atoms with Crippen molar-refractivity contribution in [2.24, 2.45) is 0 Å². The molecule has 6 nitrogen and oxygen atoms in total. The van der Waals surface area contributed by atoms with Crippen molar-refractivity contribution in [3.05, 3.63) is 29.3 Å². The summed E-state index contributed by atoms with van der Waals surface area (Å²) in [5.74, 6) is -0.201. The van der Waals surface area contributed by atoms with Crippen LogP contribution in [0.25, 0.3) is 0 Å². The number of nitrogens with zero attached hydrogens (tertiary/aromatic N) is 1. The maximum absolute atomic E-state index is 11.6. The van der Waals surface area contributed by atoms with Crippen LogP contribution in [-0.4, -0.2) is 36.5 Å². The average molecular weight is 311 g/mol. The van der Waals surface area contributed by atoms with Crippen LogP contribution in [-0.2, 0) is 4.79 Å². The number of carbonyl (C=O) groups is 2. The molecule has 0 atom stereocenters. The number of hydrogen-bond acceptors (Lipinski definition) is 3. The molecule has 1 aromatic carbocycles. The van der Waals surface area contributed by atoms with Gasteiger partial charge >= 0.3 is 6.03 Å². The highest BCUT2D eigenvalue weighted by atomic mass is 35.5. The van der Waals surface area contributed by atoms with E-state index in [0.29, 0.717) is 17.1 Å². The second kappa shape index (κ2) is 7.85. The molecule has 2 rings (SSSR count). The Bertz CT molecular complexity index is 486. The van der Waals surface area contributed by atoms with Crippen LogP contribution >= 0.6 is 11.6 Å². The van der Waals surface area contributed by atoms with Crippen molar-refractivity contribution in [1.82, 2.24) is 15.8 Å². The number of likely N-dealkylation sites (tertiary alicyclic amines) is 1. The summed E-state index contributed by atoms with van der Waals surface area (Å²) in [5, 5.41) is 3.18. The largest absolute Gasteiger partial charge is 0.337 e. The van der Waals surface area contributed by atoms with Gasteiger partial charge in [0.2, 0.25) is 5.91 Å². The van der Waals surface area contributed by atoms with Gasteiger partial charge in [-0.1, -0.05) is 11.6 Å². The van der Waals surface area contributed by atoms with Gasteiger partial charge in [-0.25, -0.2) is 10.2 Å². The molecule has 1 aliphatic heterocycles. The van der Waals surface area contributed by atoms with Crippen molar-refractivity contribution in [2.75, 3.05) is 25.0 Å². The first-order chi connectivity index (χ1) is 10.1. The lowest BCUT2D eigenvalue weighted by Crippen LogP contribution is -2.44. The summed E-state index contributed by atoms with van der Waals surface area (Å²) in [4.78, 5) is 25.4. The second-order valence-corrected chi connectivity index (χ2v) is 5.37. The minimum atomic E-state index is -0.494. The first kappa shape index (κ1) is 15.6. The van der Waals surface area contributed by atoms with Crippen LogP contribution in [0.15, 0.2) is 24.3 Å². The summed E-state index contributed by atoms with van der Waals surface area (Å²) in [5.41, 5.74) is 5.30. The van der Waals surface area contributed by atoms with Gasteiger partial charge < -0.3 is 10.2 Å². The molecule has 0 spiro atoms. The summed E-state index contributed by atoms with van der Waals surface area (Å²) >= 11 is 5.75. The number of hydrazine groups is 1. The Labute approximate surface area is 128 Å². The smallest absolute Gasteiger partial charge is 0.307 e. The zero-order valence-electron chi connectivity index (χ0n) is 11.7. The maximum Gasteiger partial charge on any atom is 0.337 e. The molecule has 21 heavy (non-hydrogen) atoms. The molecule has 7 heteroatoms. The highest BCUT2D eigenvalue weighted by Gasteiger charge is 2.13. The van der Waals surface area contributed by atoms with E-state index in [1.165, 1.54) is 12.8 Å². The van der Waals surface area contributed by atoms with Crippen LogP contribution in [0.2, 0.25) is 5.02 Å². The molecule has 0 unspecified atom stereocenters. The zero-order valence-corrected chi connectivity index (χ0v) is 12.4. The lowest BCUT2D eigenvalue weighted by Gasteiger charge is -2.14. The fraction of sp³-hybridized carbons (Fsp3) is 0.429. The Hall–Kier alpha value is -1.79. The van der Waals surface area contributed by atoms with Crippen molar-refractivity contribution < 1.29 is 9.59 Å². The summed E-state index contributed by atoms with van der Waals surface area (Å²) in [6.45, 7) is 2.84. The predicted octanol–water partition coefficient (Wildman–Crippen LogP) is 1.98. The van der Waals surface area contributed by atoms with Crippen LogP contribution in [0.3, 0.4) is 0 Å². The molecule has 114 valence electrons. The molecular weight excluding hydrogens is 292 g/mol. The van der Waals surface area contributed by atoms with Crippen molar-refractivity contribution in [3.8, 4) is 0 Å². The average Bonchev–Trinajstić information content (AvgIpc) is 2.99. The molecule has 0 aromatic heterocycles. The molecule has 0 bridgehead atoms. The number of nitrogens with one attached hydrogen (secondary N) is 3. The van der Waals surface area contributed by atoms with Crippen LogP contribution in [0.1, 0.15) is 19.3 Å². The van der Waals surface area contributed by atoms with Crippen LogP contribution in [0.5, 0.6) is 0 Å². The minimum Gasteiger partial charge on any atom is -0.307 e. The first-order valence-corrected chi connectivity index (χ1v) is 7.35. The van der Waals surface area contributed by atoms with Gasteiger partial charge in [-0.2, -0.15) is 0 Å². The molecule has 1 heterocycles. The van der Waals surface area contributed by atoms with Crippen molar-refractivity contribution in [1.29, 1.82) is 0 Å². The number of anilines is 1. The summed E-state index contributed by atoms with van der Waals surface area (Å²) in [6, 6.07) is 6.21. The number of urea groups is 1. The SMILES string of the molecule is O=C(CCN1CCCC1)NNC(=O)Nc1ccc(Cl)cc1. The van der Waals surface area contributed by atoms with Crippen molar-refractivity contribution >= 4 is 29.2 Å². The molecule has 0 radical (unpaired) electrons. The number of benzene rings is 1. The van der Waals surface area contributed by atoms with Crippen LogP contribution in [0.4, 0.5) is 10.5 Å². The van der Waals surface area contributed by atoms with E-state index in [1.807, 2.05) is 0 Å². The number of amides is 3. The van der Waals surface area contributed by atoms with Crippen molar-refractivity contribution in [3.63, 3.8) is 0 Å². The van der Waals surface area contributed by atoms with Crippen LogP contribution in [0, 0.1) is 0 Å². The highest BCUT2D eigenvalue weighted by molar-refractivity contribution is 6.30. The number of rotatable bonds is 4. The lowest BCUT2D eigenvalue weighted by atomic mass is 10.3. The van der Waals surface area contributed by atoms with Gasteiger partial charge in [0, 0.05) is 23.7 Å². The maximum atomic E-state index is 11.6. The number of hydrogen-bond donors (Lipinski definition) is 3. The minimum absolute atomic E-state index is 0.201. The third-order valence-corrected chi connectivity index (χ3v) is 3.52. The lowest BCUT2D eigenvalue weighted by molar-refractivity contribution is -0.122. The monoisotopic (exact) mass is 310 g/mol. The molecule has 3 N–H and O–H groups in total. The highest BCUT2D eigenvalue weighted by Crippen LogP contribution is 2.12. The molecule has 1 fully saturated rings. The predicted molar refractivity (Wildman–Crippen MR) is 82.0 cm³/mol. The Morgan fingerprint density at radius 2 is 1.76 bits per heavy atom. The second-order valence-electron chi connectivity index (χ2n) is 4.93. The normalized spacial score (nSPS) is 14.7. The van der Waals surface area contributed by atoms with Crippen LogP contribution < -0.4 is 16.2 Å². The molecule has 0 aliphatic carbocycles. The van der Waals surface area contributed by atoms with E-state index in [4.69, 9.17) is 11.6 Å². The van der Waals surface area contributed by atoms with Gasteiger partial charge in [0.05, 0.1) is 0 Å². The quantitative estimate of drug-likeness (QED) is 0.745. The Balaban J connectivity index is 1.63. The van der Waals surface area contributed by atoms with E-state index in [-0.39, 0.29) is 5.91 Å². The van der Waals surface area contributed by atoms with Gasteiger partial charge in [0.1, 0.15) is 0 Å². The van der Waals surface area contributed by atoms with Gasteiger partial charge in [0.15, 0.2) is 0 Å². The fourth-order valence-electron chi connectivity index (χ4n) is 2.15. The summed E-state index contributed by atoms with van der Waals surface area (Å²) in [6.07, 6.45) is 2.77.